The van der Waals surface area contributed by atoms with E-state index in [-0.39, 0.29) is 6.04 Å². The van der Waals surface area contributed by atoms with E-state index in [1.165, 1.54) is 0 Å². The van der Waals surface area contributed by atoms with Crippen molar-refractivity contribution < 1.29 is 9.47 Å². The zero-order chi connectivity index (χ0) is 12.8. The molecule has 0 fully saturated rings. The molecule has 0 aliphatic carbocycles. The minimum Gasteiger partial charge on any atom is -0.501 e. The molecule has 0 saturated heterocycles. The van der Waals surface area contributed by atoms with Gasteiger partial charge in [0.25, 0.3) is 0 Å². The predicted octanol–water partition coefficient (Wildman–Crippen LogP) is 2.28. The number of hydrazine groups is 1. The quantitative estimate of drug-likeness (QED) is 0.620. The van der Waals surface area contributed by atoms with Crippen LogP contribution < -0.4 is 16.0 Å². The van der Waals surface area contributed by atoms with E-state index in [0.29, 0.717) is 6.61 Å². The molecule has 4 nitrogen and oxygen atoms in total. The van der Waals surface area contributed by atoms with Gasteiger partial charge in [0.15, 0.2) is 0 Å². The van der Waals surface area contributed by atoms with Crippen LogP contribution in [0.4, 0.5) is 0 Å². The summed E-state index contributed by atoms with van der Waals surface area (Å²) in [4.78, 5) is 0. The van der Waals surface area contributed by atoms with Gasteiger partial charge in [-0.25, -0.2) is 5.43 Å². The first-order valence-electron chi connectivity index (χ1n) is 6.35. The summed E-state index contributed by atoms with van der Waals surface area (Å²) in [5.74, 6) is 6.57. The number of hydrogen-bond donors (Lipinski definition) is 2. The molecule has 2 rings (SSSR count). The summed E-state index contributed by atoms with van der Waals surface area (Å²) < 4.78 is 11.0. The van der Waals surface area contributed by atoms with Crippen molar-refractivity contribution in [1.82, 2.24) is 5.43 Å². The zero-order valence-corrected chi connectivity index (χ0v) is 10.7. The molecule has 1 unspecified atom stereocenters. The van der Waals surface area contributed by atoms with Crippen molar-refractivity contribution in [2.45, 2.75) is 25.8 Å². The van der Waals surface area contributed by atoms with Crippen molar-refractivity contribution in [2.75, 3.05) is 13.2 Å². The number of benzene rings is 1. The first-order valence-corrected chi connectivity index (χ1v) is 6.35. The second-order valence-electron chi connectivity index (χ2n) is 4.24. The summed E-state index contributed by atoms with van der Waals surface area (Å²) in [5.41, 5.74) is 5.08. The third-order valence-electron chi connectivity index (χ3n) is 3.03. The Bertz CT molecular complexity index is 418. The maximum atomic E-state index is 5.70. The minimum atomic E-state index is -0.0481. The van der Waals surface area contributed by atoms with Crippen molar-refractivity contribution in [3.05, 3.63) is 41.7 Å². The van der Waals surface area contributed by atoms with Gasteiger partial charge in [-0.05, 0) is 31.4 Å². The van der Waals surface area contributed by atoms with Gasteiger partial charge in [0.1, 0.15) is 5.75 Å². The highest BCUT2D eigenvalue weighted by atomic mass is 16.5. The van der Waals surface area contributed by atoms with Crippen molar-refractivity contribution in [2.24, 2.45) is 5.84 Å². The average Bonchev–Trinajstić information content (AvgIpc) is 2.43. The van der Waals surface area contributed by atoms with Crippen LogP contribution in [-0.4, -0.2) is 13.2 Å². The van der Waals surface area contributed by atoms with E-state index in [9.17, 15) is 0 Å². The van der Waals surface area contributed by atoms with Crippen molar-refractivity contribution in [3.8, 4) is 5.75 Å². The average molecular weight is 248 g/mol. The van der Waals surface area contributed by atoms with E-state index in [1.54, 1.807) is 0 Å². The van der Waals surface area contributed by atoms with Gasteiger partial charge in [-0.2, -0.15) is 0 Å². The van der Waals surface area contributed by atoms with Crippen LogP contribution in [0.3, 0.4) is 0 Å². The summed E-state index contributed by atoms with van der Waals surface area (Å²) in [6, 6.07) is 7.91. The number of nitrogens with two attached hydrogens (primary N) is 1. The second-order valence-corrected chi connectivity index (χ2v) is 4.24. The number of ether oxygens (including phenoxy) is 2. The summed E-state index contributed by atoms with van der Waals surface area (Å²) >= 11 is 0. The van der Waals surface area contributed by atoms with Crippen LogP contribution >= 0.6 is 0 Å². The van der Waals surface area contributed by atoms with Crippen LogP contribution in [0.1, 0.15) is 31.4 Å². The normalized spacial score (nSPS) is 16.7. The van der Waals surface area contributed by atoms with Crippen LogP contribution in [0.2, 0.25) is 0 Å². The highest BCUT2D eigenvalue weighted by Crippen LogP contribution is 2.32. The lowest BCUT2D eigenvalue weighted by molar-refractivity contribution is 0.219. The second kappa shape index (κ2) is 6.42. The van der Waals surface area contributed by atoms with Crippen molar-refractivity contribution in [1.29, 1.82) is 0 Å². The Kier molecular flexibility index (Phi) is 4.61. The Morgan fingerprint density at radius 2 is 2.28 bits per heavy atom. The van der Waals surface area contributed by atoms with Crippen LogP contribution in [0.5, 0.6) is 5.75 Å². The monoisotopic (exact) mass is 248 g/mol. The fourth-order valence-electron chi connectivity index (χ4n) is 2.20. The van der Waals surface area contributed by atoms with E-state index in [1.807, 2.05) is 37.5 Å². The molecule has 0 spiro atoms. The molecule has 1 aromatic rings. The Labute approximate surface area is 108 Å². The number of nitrogens with one attached hydrogen (secondary N) is 1. The molecule has 18 heavy (non-hydrogen) atoms. The highest BCUT2D eigenvalue weighted by molar-refractivity contribution is 5.40. The standard InChI is InChI=1S/C14H20N2O2/c1-2-18-13-8-4-3-7-12(13)14(16-15)11-6-5-9-17-10-11/h3-4,7-8,10,14,16H,2,5-6,9,15H2,1H3. The van der Waals surface area contributed by atoms with E-state index >= 15 is 0 Å². The van der Waals surface area contributed by atoms with Gasteiger partial charge in [0.2, 0.25) is 0 Å². The molecule has 0 aromatic heterocycles. The van der Waals surface area contributed by atoms with Gasteiger partial charge < -0.3 is 9.47 Å². The van der Waals surface area contributed by atoms with E-state index in [2.05, 4.69) is 5.43 Å². The summed E-state index contributed by atoms with van der Waals surface area (Å²) in [6.07, 6.45) is 3.84. The molecule has 4 heteroatoms. The summed E-state index contributed by atoms with van der Waals surface area (Å²) in [5, 5.41) is 0. The summed E-state index contributed by atoms with van der Waals surface area (Å²) in [6.45, 7) is 3.41. The highest BCUT2D eigenvalue weighted by Gasteiger charge is 2.20. The fourth-order valence-corrected chi connectivity index (χ4v) is 2.20. The molecule has 1 aliphatic rings. The molecule has 0 radical (unpaired) electrons. The first-order chi connectivity index (χ1) is 8.86. The van der Waals surface area contributed by atoms with Crippen LogP contribution in [0, 0.1) is 0 Å². The van der Waals surface area contributed by atoms with Gasteiger partial charge in [-0.1, -0.05) is 18.2 Å². The third kappa shape index (κ3) is 2.83. The van der Waals surface area contributed by atoms with Crippen molar-refractivity contribution in [3.63, 3.8) is 0 Å². The molecular weight excluding hydrogens is 228 g/mol. The topological polar surface area (TPSA) is 56.5 Å². The van der Waals surface area contributed by atoms with Crippen LogP contribution in [0.25, 0.3) is 0 Å². The Morgan fingerprint density at radius 1 is 1.44 bits per heavy atom. The molecule has 1 atom stereocenters. The molecule has 0 bridgehead atoms. The maximum absolute atomic E-state index is 5.70. The first kappa shape index (κ1) is 12.9. The minimum absolute atomic E-state index is 0.0481. The lowest BCUT2D eigenvalue weighted by Crippen LogP contribution is -2.30. The lowest BCUT2D eigenvalue weighted by atomic mass is 9.95. The predicted molar refractivity (Wildman–Crippen MR) is 70.9 cm³/mol. The molecule has 0 amide bonds. The van der Waals surface area contributed by atoms with Crippen molar-refractivity contribution >= 4 is 0 Å². The van der Waals surface area contributed by atoms with Gasteiger partial charge in [-0.15, -0.1) is 0 Å². The van der Waals surface area contributed by atoms with Gasteiger partial charge in [-0.3, -0.25) is 5.84 Å². The third-order valence-corrected chi connectivity index (χ3v) is 3.03. The molecule has 98 valence electrons. The van der Waals surface area contributed by atoms with Crippen LogP contribution in [0.15, 0.2) is 36.1 Å². The largest absolute Gasteiger partial charge is 0.501 e. The summed E-state index contributed by atoms with van der Waals surface area (Å²) in [7, 11) is 0. The fraction of sp³-hybridized carbons (Fsp3) is 0.429. The molecule has 3 N–H and O–H groups in total. The molecular formula is C14H20N2O2. The van der Waals surface area contributed by atoms with Gasteiger partial charge in [0, 0.05) is 5.56 Å². The van der Waals surface area contributed by atoms with E-state index in [4.69, 9.17) is 15.3 Å². The Morgan fingerprint density at radius 3 is 2.94 bits per heavy atom. The van der Waals surface area contributed by atoms with Gasteiger partial charge >= 0.3 is 0 Å². The Balaban J connectivity index is 2.29. The molecule has 1 aliphatic heterocycles. The number of hydrogen-bond acceptors (Lipinski definition) is 4. The molecule has 1 heterocycles. The molecule has 0 saturated carbocycles. The lowest BCUT2D eigenvalue weighted by Gasteiger charge is -2.24. The van der Waals surface area contributed by atoms with Gasteiger partial charge in [0.05, 0.1) is 25.5 Å². The Hall–Kier alpha value is -1.52. The van der Waals surface area contributed by atoms with E-state index < -0.39 is 0 Å². The SMILES string of the molecule is CCOc1ccccc1C(NN)C1=COCCC1. The zero-order valence-electron chi connectivity index (χ0n) is 10.7. The van der Waals surface area contributed by atoms with Crippen LogP contribution in [-0.2, 0) is 4.74 Å². The smallest absolute Gasteiger partial charge is 0.124 e. The molecule has 1 aromatic carbocycles. The number of rotatable bonds is 5. The van der Waals surface area contributed by atoms with E-state index in [0.717, 1.165) is 36.3 Å². The number of para-hydroxylation sites is 1. The maximum Gasteiger partial charge on any atom is 0.124 e.